The Balaban J connectivity index is 1.44. The highest BCUT2D eigenvalue weighted by Gasteiger charge is 2.33. The first-order valence-electron chi connectivity index (χ1n) is 12.1. The number of fused-ring (bicyclic) bond motifs is 1. The van der Waals surface area contributed by atoms with Gasteiger partial charge in [-0.25, -0.2) is 4.68 Å². The molecule has 8 heteroatoms. The van der Waals surface area contributed by atoms with Gasteiger partial charge in [0.15, 0.2) is 0 Å². The Morgan fingerprint density at radius 3 is 2.60 bits per heavy atom. The largest absolute Gasteiger partial charge is 0.351 e. The Kier molecular flexibility index (Phi) is 7.18. The van der Waals surface area contributed by atoms with Crippen LogP contribution in [0.3, 0.4) is 0 Å². The minimum Gasteiger partial charge on any atom is -0.351 e. The van der Waals surface area contributed by atoms with E-state index in [1.54, 1.807) is 9.58 Å². The third kappa shape index (κ3) is 5.43. The third-order valence-corrected chi connectivity index (χ3v) is 7.33. The van der Waals surface area contributed by atoms with Gasteiger partial charge in [0.05, 0.1) is 5.52 Å². The standard InChI is InChI=1S/C27H29N5O2S/c33-25(18-32-24-13-7-6-12-23(24)29-30-32)31(16-14-20-8-2-1-3-9-20)26(21-15-17-35-19-21)27(34)28-22-10-4-5-11-22/h1-3,6-9,12-13,15,17,19,22,26H,4-5,10-11,14,16,18H2,(H,28,34). The van der Waals surface area contributed by atoms with E-state index in [0.29, 0.717) is 13.0 Å². The lowest BCUT2D eigenvalue weighted by atomic mass is 10.0. The molecule has 2 heterocycles. The third-order valence-electron chi connectivity index (χ3n) is 6.63. The number of aromatic nitrogens is 3. The molecule has 0 saturated heterocycles. The van der Waals surface area contributed by atoms with Gasteiger partial charge >= 0.3 is 0 Å². The normalized spacial score (nSPS) is 14.7. The Morgan fingerprint density at radius 1 is 1.06 bits per heavy atom. The molecule has 1 aliphatic rings. The van der Waals surface area contributed by atoms with Crippen molar-refractivity contribution in [1.29, 1.82) is 0 Å². The maximum absolute atomic E-state index is 13.8. The lowest BCUT2D eigenvalue weighted by molar-refractivity contribution is -0.141. The summed E-state index contributed by atoms with van der Waals surface area (Å²) in [4.78, 5) is 29.2. The van der Waals surface area contributed by atoms with E-state index in [1.807, 2.05) is 71.4 Å². The van der Waals surface area contributed by atoms with Crippen LogP contribution in [-0.4, -0.2) is 44.3 Å². The molecule has 180 valence electrons. The predicted octanol–water partition coefficient (Wildman–Crippen LogP) is 4.36. The van der Waals surface area contributed by atoms with Crippen LogP contribution in [0.1, 0.15) is 42.9 Å². The molecule has 0 bridgehead atoms. The zero-order chi connectivity index (χ0) is 24.0. The Morgan fingerprint density at radius 2 is 1.83 bits per heavy atom. The van der Waals surface area contributed by atoms with Crippen LogP contribution in [0, 0.1) is 0 Å². The summed E-state index contributed by atoms with van der Waals surface area (Å²) in [7, 11) is 0. The Labute approximate surface area is 208 Å². The van der Waals surface area contributed by atoms with E-state index in [4.69, 9.17) is 0 Å². The van der Waals surface area contributed by atoms with Crippen LogP contribution in [0.4, 0.5) is 0 Å². The molecular formula is C27H29N5O2S. The van der Waals surface area contributed by atoms with Gasteiger partial charge in [0.1, 0.15) is 18.1 Å². The second kappa shape index (κ2) is 10.8. The summed E-state index contributed by atoms with van der Waals surface area (Å²) in [6, 6.07) is 19.1. The van der Waals surface area contributed by atoms with E-state index < -0.39 is 6.04 Å². The zero-order valence-electron chi connectivity index (χ0n) is 19.5. The van der Waals surface area contributed by atoms with Crippen LogP contribution >= 0.6 is 11.3 Å². The van der Waals surface area contributed by atoms with E-state index in [1.165, 1.54) is 11.3 Å². The van der Waals surface area contributed by atoms with Crippen molar-refractivity contribution in [3.63, 3.8) is 0 Å². The van der Waals surface area contributed by atoms with E-state index in [2.05, 4.69) is 15.6 Å². The first kappa shape index (κ1) is 23.2. The summed E-state index contributed by atoms with van der Waals surface area (Å²) in [5, 5.41) is 15.5. The monoisotopic (exact) mass is 487 g/mol. The lowest BCUT2D eigenvalue weighted by Gasteiger charge is -2.32. The van der Waals surface area contributed by atoms with Crippen molar-refractivity contribution < 1.29 is 9.59 Å². The molecule has 0 aliphatic heterocycles. The van der Waals surface area contributed by atoms with E-state index in [0.717, 1.165) is 47.8 Å². The van der Waals surface area contributed by atoms with Crippen LogP contribution in [0.25, 0.3) is 11.0 Å². The molecule has 35 heavy (non-hydrogen) atoms. The predicted molar refractivity (Wildman–Crippen MR) is 137 cm³/mol. The maximum Gasteiger partial charge on any atom is 0.247 e. The lowest BCUT2D eigenvalue weighted by Crippen LogP contribution is -2.47. The number of nitrogens with zero attached hydrogens (tertiary/aromatic N) is 4. The molecular weight excluding hydrogens is 458 g/mol. The molecule has 2 aromatic carbocycles. The van der Waals surface area contributed by atoms with Gasteiger partial charge in [-0.1, -0.05) is 60.5 Å². The van der Waals surface area contributed by atoms with Crippen LogP contribution < -0.4 is 5.32 Å². The van der Waals surface area contributed by atoms with Crippen molar-refractivity contribution in [1.82, 2.24) is 25.2 Å². The molecule has 2 amide bonds. The average molecular weight is 488 g/mol. The van der Waals surface area contributed by atoms with Crippen LogP contribution in [0.15, 0.2) is 71.4 Å². The van der Waals surface area contributed by atoms with Crippen LogP contribution in [0.5, 0.6) is 0 Å². The Bertz CT molecular complexity index is 1270. The van der Waals surface area contributed by atoms with Gasteiger partial charge < -0.3 is 10.2 Å². The van der Waals surface area contributed by atoms with Gasteiger partial charge in [-0.15, -0.1) is 5.10 Å². The minimum absolute atomic E-state index is 0.0205. The summed E-state index contributed by atoms with van der Waals surface area (Å²) in [6.45, 7) is 0.445. The van der Waals surface area contributed by atoms with Gasteiger partial charge in [0, 0.05) is 12.6 Å². The van der Waals surface area contributed by atoms with Crippen molar-refractivity contribution in [2.75, 3.05) is 6.54 Å². The van der Waals surface area contributed by atoms with Crippen molar-refractivity contribution in [2.24, 2.45) is 0 Å². The molecule has 1 aliphatic carbocycles. The van der Waals surface area contributed by atoms with Gasteiger partial charge in [-0.2, -0.15) is 11.3 Å². The number of amides is 2. The topological polar surface area (TPSA) is 80.1 Å². The summed E-state index contributed by atoms with van der Waals surface area (Å²) in [5.74, 6) is -0.269. The molecule has 1 saturated carbocycles. The second-order valence-electron chi connectivity index (χ2n) is 9.01. The number of carbonyl (C=O) groups excluding carboxylic acids is 2. The smallest absolute Gasteiger partial charge is 0.247 e. The second-order valence-corrected chi connectivity index (χ2v) is 9.79. The number of hydrogen-bond donors (Lipinski definition) is 1. The number of nitrogens with one attached hydrogen (secondary N) is 1. The maximum atomic E-state index is 13.8. The van der Waals surface area contributed by atoms with Gasteiger partial charge in [-0.05, 0) is 59.3 Å². The van der Waals surface area contributed by atoms with E-state index >= 15 is 0 Å². The highest BCUT2D eigenvalue weighted by Crippen LogP contribution is 2.27. The highest BCUT2D eigenvalue weighted by molar-refractivity contribution is 7.08. The number of carbonyl (C=O) groups is 2. The van der Waals surface area contributed by atoms with E-state index in [-0.39, 0.29) is 24.4 Å². The highest BCUT2D eigenvalue weighted by atomic mass is 32.1. The SMILES string of the molecule is O=C(NC1CCCC1)C(c1ccsc1)N(CCc1ccccc1)C(=O)Cn1nnc2ccccc21. The quantitative estimate of drug-likeness (QED) is 0.380. The summed E-state index contributed by atoms with van der Waals surface area (Å²) in [5.41, 5.74) is 3.50. The summed E-state index contributed by atoms with van der Waals surface area (Å²) >= 11 is 1.53. The fourth-order valence-electron chi connectivity index (χ4n) is 4.80. The van der Waals surface area contributed by atoms with Gasteiger partial charge in [-0.3, -0.25) is 9.59 Å². The molecule has 1 fully saturated rings. The number of benzene rings is 2. The molecule has 1 atom stereocenters. The number of hydrogen-bond acceptors (Lipinski definition) is 5. The number of rotatable bonds is 9. The molecule has 5 rings (SSSR count). The Hall–Kier alpha value is -3.52. The van der Waals surface area contributed by atoms with Crippen LogP contribution in [-0.2, 0) is 22.6 Å². The van der Waals surface area contributed by atoms with E-state index in [9.17, 15) is 9.59 Å². The van der Waals surface area contributed by atoms with Crippen molar-refractivity contribution in [2.45, 2.75) is 50.7 Å². The molecule has 0 radical (unpaired) electrons. The van der Waals surface area contributed by atoms with Crippen molar-refractivity contribution in [3.05, 3.63) is 82.6 Å². The molecule has 7 nitrogen and oxygen atoms in total. The average Bonchev–Trinajstić information content (AvgIpc) is 3.66. The van der Waals surface area contributed by atoms with Crippen molar-refractivity contribution in [3.8, 4) is 0 Å². The van der Waals surface area contributed by atoms with Crippen molar-refractivity contribution >= 4 is 34.2 Å². The number of thiophene rings is 1. The molecule has 0 spiro atoms. The number of para-hydroxylation sites is 1. The molecule has 1 unspecified atom stereocenters. The molecule has 2 aromatic heterocycles. The first-order chi connectivity index (χ1) is 17.2. The summed E-state index contributed by atoms with van der Waals surface area (Å²) in [6.07, 6.45) is 4.90. The summed E-state index contributed by atoms with van der Waals surface area (Å²) < 4.78 is 1.62. The van der Waals surface area contributed by atoms with Gasteiger partial charge in [0.25, 0.3) is 0 Å². The molecule has 1 N–H and O–H groups in total. The van der Waals surface area contributed by atoms with Gasteiger partial charge in [0.2, 0.25) is 11.8 Å². The fraction of sp³-hybridized carbons (Fsp3) is 0.333. The zero-order valence-corrected chi connectivity index (χ0v) is 20.4. The fourth-order valence-corrected chi connectivity index (χ4v) is 5.48. The first-order valence-corrected chi connectivity index (χ1v) is 13.1. The minimum atomic E-state index is -0.687. The van der Waals surface area contributed by atoms with Crippen LogP contribution in [0.2, 0.25) is 0 Å². The molecule has 4 aromatic rings.